The van der Waals surface area contributed by atoms with E-state index in [1.165, 1.54) is 6.20 Å². The molecule has 146 valence electrons. The Morgan fingerprint density at radius 3 is 2.71 bits per heavy atom. The van der Waals surface area contributed by atoms with Crippen LogP contribution in [0.4, 0.5) is 5.69 Å². The number of nitriles is 1. The molecule has 8 nitrogen and oxygen atoms in total. The molecule has 0 aliphatic heterocycles. The van der Waals surface area contributed by atoms with E-state index in [1.807, 2.05) is 20.8 Å². The molecule has 28 heavy (non-hydrogen) atoms. The van der Waals surface area contributed by atoms with E-state index in [4.69, 9.17) is 0 Å². The Morgan fingerprint density at radius 2 is 2.07 bits per heavy atom. The van der Waals surface area contributed by atoms with Gasteiger partial charge in [0.05, 0.1) is 23.0 Å². The maximum absolute atomic E-state index is 12.8. The zero-order valence-corrected chi connectivity index (χ0v) is 17.2. The lowest BCUT2D eigenvalue weighted by molar-refractivity contribution is 0.0777. The summed E-state index contributed by atoms with van der Waals surface area (Å²) >= 11 is 0.829. The first-order valence-electron chi connectivity index (χ1n) is 8.61. The van der Waals surface area contributed by atoms with Crippen molar-refractivity contribution in [3.8, 4) is 6.07 Å². The summed E-state index contributed by atoms with van der Waals surface area (Å²) in [6.07, 6.45) is 2.83. The molecule has 3 aromatic rings. The van der Waals surface area contributed by atoms with E-state index in [9.17, 15) is 18.5 Å². The number of thiazole rings is 1. The van der Waals surface area contributed by atoms with Crippen molar-refractivity contribution in [1.29, 1.82) is 5.26 Å². The van der Waals surface area contributed by atoms with Gasteiger partial charge >= 0.3 is 0 Å². The summed E-state index contributed by atoms with van der Waals surface area (Å²) in [6, 6.07) is 5.46. The number of amides is 1. The summed E-state index contributed by atoms with van der Waals surface area (Å²) in [5.41, 5.74) is 2.14. The van der Waals surface area contributed by atoms with Crippen LogP contribution in [0.1, 0.15) is 34.6 Å². The highest BCUT2D eigenvalue weighted by atomic mass is 32.2. The molecule has 1 aromatic carbocycles. The number of nitrogens with zero attached hydrogens (tertiary/aromatic N) is 3. The highest BCUT2D eigenvalue weighted by Gasteiger charge is 2.24. The molecule has 3 rings (SSSR count). The number of benzene rings is 1. The monoisotopic (exact) mass is 417 g/mol. The summed E-state index contributed by atoms with van der Waals surface area (Å²) in [7, 11) is -3.98. The molecule has 2 N–H and O–H groups in total. The fourth-order valence-corrected chi connectivity index (χ4v) is 5.12. The van der Waals surface area contributed by atoms with Crippen molar-refractivity contribution in [2.24, 2.45) is 0 Å². The van der Waals surface area contributed by atoms with Crippen molar-refractivity contribution < 1.29 is 13.2 Å². The maximum atomic E-state index is 12.8. The highest BCUT2D eigenvalue weighted by Crippen LogP contribution is 2.30. The SMILES string of the molecule is CCN(CC)C(=O)c1cnc(S(=O)(=O)Nc2ccc(C)c3c(C#N)c[nH]c23)s1. The second kappa shape index (κ2) is 7.61. The Labute approximate surface area is 166 Å². The molecule has 0 fully saturated rings. The molecule has 0 spiro atoms. The lowest BCUT2D eigenvalue weighted by atomic mass is 10.1. The molecule has 0 radical (unpaired) electrons. The molecule has 0 atom stereocenters. The third-order valence-corrected chi connectivity index (χ3v) is 7.13. The van der Waals surface area contributed by atoms with Crippen molar-refractivity contribution in [3.05, 3.63) is 40.5 Å². The molecule has 2 aromatic heterocycles. The van der Waals surface area contributed by atoms with E-state index in [0.717, 1.165) is 16.9 Å². The number of sulfonamides is 1. The maximum Gasteiger partial charge on any atom is 0.289 e. The summed E-state index contributed by atoms with van der Waals surface area (Å²) < 4.78 is 27.9. The van der Waals surface area contributed by atoms with Crippen LogP contribution in [0.5, 0.6) is 0 Å². The number of carbonyl (C=O) groups excluding carboxylic acids is 1. The summed E-state index contributed by atoms with van der Waals surface area (Å²) in [4.78, 5) is 21.1. The molecular formula is C18H19N5O3S2. The first-order valence-corrected chi connectivity index (χ1v) is 10.9. The largest absolute Gasteiger partial charge is 0.358 e. The summed E-state index contributed by atoms with van der Waals surface area (Å²) in [6.45, 7) is 6.62. The second-order valence-electron chi connectivity index (χ2n) is 6.07. The number of aromatic amines is 1. The number of anilines is 1. The number of fused-ring (bicyclic) bond motifs is 1. The van der Waals surface area contributed by atoms with Gasteiger partial charge < -0.3 is 9.88 Å². The highest BCUT2D eigenvalue weighted by molar-refractivity contribution is 7.94. The van der Waals surface area contributed by atoms with Gasteiger partial charge in [-0.1, -0.05) is 17.4 Å². The first-order chi connectivity index (χ1) is 13.3. The van der Waals surface area contributed by atoms with E-state index in [-0.39, 0.29) is 15.1 Å². The zero-order valence-electron chi connectivity index (χ0n) is 15.6. The zero-order chi connectivity index (χ0) is 20.5. The Bertz CT molecular complexity index is 1180. The van der Waals surface area contributed by atoms with Gasteiger partial charge in [-0.15, -0.1) is 0 Å². The lowest BCUT2D eigenvalue weighted by Gasteiger charge is -2.16. The number of nitrogens with one attached hydrogen (secondary N) is 2. The number of aryl methyl sites for hydroxylation is 1. The van der Waals surface area contributed by atoms with Crippen molar-refractivity contribution in [3.63, 3.8) is 0 Å². The van der Waals surface area contributed by atoms with Gasteiger partial charge in [-0.2, -0.15) is 13.7 Å². The predicted octanol–water partition coefficient (Wildman–Crippen LogP) is 3.09. The van der Waals surface area contributed by atoms with Gasteiger partial charge in [0.2, 0.25) is 4.34 Å². The van der Waals surface area contributed by atoms with Crippen LogP contribution in [-0.2, 0) is 10.0 Å². The van der Waals surface area contributed by atoms with Crippen LogP contribution in [-0.4, -0.2) is 42.3 Å². The van der Waals surface area contributed by atoms with Crippen molar-refractivity contribution >= 4 is 43.9 Å². The lowest BCUT2D eigenvalue weighted by Crippen LogP contribution is -2.29. The van der Waals surface area contributed by atoms with Gasteiger partial charge in [0, 0.05) is 24.7 Å². The number of H-pyrrole nitrogens is 1. The van der Waals surface area contributed by atoms with Crippen LogP contribution < -0.4 is 4.72 Å². The molecule has 0 saturated heterocycles. The average Bonchev–Trinajstić information content (AvgIpc) is 3.32. The van der Waals surface area contributed by atoms with Gasteiger partial charge in [0.1, 0.15) is 10.9 Å². The van der Waals surface area contributed by atoms with Crippen LogP contribution in [0.25, 0.3) is 10.9 Å². The van der Waals surface area contributed by atoms with Crippen LogP contribution >= 0.6 is 11.3 Å². The Morgan fingerprint density at radius 1 is 1.36 bits per heavy atom. The predicted molar refractivity (Wildman–Crippen MR) is 108 cm³/mol. The van der Waals surface area contributed by atoms with Crippen molar-refractivity contribution in [2.45, 2.75) is 25.1 Å². The van der Waals surface area contributed by atoms with E-state index >= 15 is 0 Å². The Kier molecular flexibility index (Phi) is 5.40. The molecule has 0 bridgehead atoms. The van der Waals surface area contributed by atoms with Crippen LogP contribution in [0, 0.1) is 18.3 Å². The van der Waals surface area contributed by atoms with E-state index < -0.39 is 10.0 Å². The number of hydrogen-bond acceptors (Lipinski definition) is 6. The van der Waals surface area contributed by atoms with Crippen LogP contribution in [0.2, 0.25) is 0 Å². The van der Waals surface area contributed by atoms with Crippen molar-refractivity contribution in [2.75, 3.05) is 17.8 Å². The minimum Gasteiger partial charge on any atom is -0.358 e. The fourth-order valence-electron chi connectivity index (χ4n) is 2.93. The van der Waals surface area contributed by atoms with Gasteiger partial charge in [0.15, 0.2) is 0 Å². The van der Waals surface area contributed by atoms with Crippen LogP contribution in [0.3, 0.4) is 0 Å². The molecular weight excluding hydrogens is 398 g/mol. The van der Waals surface area contributed by atoms with Gasteiger partial charge in [-0.05, 0) is 32.4 Å². The van der Waals surface area contributed by atoms with Gasteiger partial charge in [-0.25, -0.2) is 4.98 Å². The molecule has 10 heteroatoms. The normalized spacial score (nSPS) is 11.4. The van der Waals surface area contributed by atoms with Crippen molar-refractivity contribution in [1.82, 2.24) is 14.9 Å². The first kappa shape index (κ1) is 19.9. The third-order valence-electron chi connectivity index (χ3n) is 4.38. The number of hydrogen-bond donors (Lipinski definition) is 2. The second-order valence-corrected chi connectivity index (χ2v) is 8.95. The fraction of sp³-hybridized carbons (Fsp3) is 0.278. The summed E-state index contributed by atoms with van der Waals surface area (Å²) in [5.74, 6) is -0.246. The summed E-state index contributed by atoms with van der Waals surface area (Å²) in [5, 5.41) is 9.90. The standard InChI is InChI=1S/C18H19N5O3S2/c1-4-23(5-2)17(24)14-10-21-18(27-14)28(25,26)22-13-7-6-11(3)15-12(8-19)9-20-16(13)15/h6-7,9-10,20,22H,4-5H2,1-3H3. The van der Waals surface area contributed by atoms with Gasteiger partial charge in [0.25, 0.3) is 15.9 Å². The molecule has 1 amide bonds. The van der Waals surface area contributed by atoms with Crippen LogP contribution in [0.15, 0.2) is 28.9 Å². The molecule has 0 unspecified atom stereocenters. The smallest absolute Gasteiger partial charge is 0.289 e. The topological polar surface area (TPSA) is 119 Å². The van der Waals surface area contributed by atoms with Gasteiger partial charge in [-0.3, -0.25) is 9.52 Å². The molecule has 0 saturated carbocycles. The minimum atomic E-state index is -3.98. The Balaban J connectivity index is 1.95. The van der Waals surface area contributed by atoms with E-state index in [1.54, 1.807) is 23.2 Å². The number of rotatable bonds is 6. The average molecular weight is 418 g/mol. The minimum absolute atomic E-state index is 0.191. The third kappa shape index (κ3) is 3.46. The molecule has 2 heterocycles. The van der Waals surface area contributed by atoms with E-state index in [2.05, 4.69) is 20.8 Å². The van der Waals surface area contributed by atoms with E-state index in [0.29, 0.717) is 35.2 Å². The quantitative estimate of drug-likeness (QED) is 0.639. The number of carbonyl (C=O) groups is 1. The Hall–Kier alpha value is -2.90. The molecule has 0 aliphatic carbocycles. The number of aromatic nitrogens is 2. The molecule has 0 aliphatic rings.